The number of phenolic OH excluding ortho intramolecular Hbond substituents is 1. The summed E-state index contributed by atoms with van der Waals surface area (Å²) in [5, 5.41) is 10.6. The standard InChI is InChI=1S/C25H23ClN2O5S/c1-4-33-24(31)21-14(2)27-25-28(22(21)15-5-9-18(32-3)10-6-15)23(30)20(34-25)12-7-16-13-17(26)8-11-19(16)29/h5-6,8-13,22,29H,4,7H2,1-3H3/b20-12-/t22-/m1/s1. The second kappa shape index (κ2) is 9.87. The first kappa shape index (κ1) is 23.8. The van der Waals surface area contributed by atoms with Gasteiger partial charge in [0.05, 0.1) is 35.6 Å². The first-order valence-corrected chi connectivity index (χ1v) is 11.8. The van der Waals surface area contributed by atoms with Gasteiger partial charge < -0.3 is 14.6 Å². The molecule has 2 heterocycles. The van der Waals surface area contributed by atoms with E-state index in [-0.39, 0.29) is 17.9 Å². The fraction of sp³-hybridized carbons (Fsp3) is 0.240. The Morgan fingerprint density at radius 3 is 2.68 bits per heavy atom. The lowest BCUT2D eigenvalue weighted by Gasteiger charge is -2.24. The van der Waals surface area contributed by atoms with Gasteiger partial charge in [-0.25, -0.2) is 9.79 Å². The molecule has 0 amide bonds. The maximum atomic E-state index is 13.5. The van der Waals surface area contributed by atoms with Crippen molar-refractivity contribution >= 4 is 35.0 Å². The van der Waals surface area contributed by atoms with Gasteiger partial charge in [0.15, 0.2) is 4.80 Å². The second-order valence-corrected chi connectivity index (χ2v) is 9.06. The van der Waals surface area contributed by atoms with Crippen LogP contribution in [-0.4, -0.2) is 29.4 Å². The number of ether oxygens (including phenoxy) is 2. The van der Waals surface area contributed by atoms with Crippen LogP contribution in [0.1, 0.15) is 31.0 Å². The van der Waals surface area contributed by atoms with E-state index in [4.69, 9.17) is 21.1 Å². The van der Waals surface area contributed by atoms with Crippen LogP contribution in [0.4, 0.5) is 0 Å². The van der Waals surface area contributed by atoms with Crippen molar-refractivity contribution in [3.63, 3.8) is 0 Å². The molecule has 3 aromatic rings. The lowest BCUT2D eigenvalue weighted by molar-refractivity contribution is -0.139. The van der Waals surface area contributed by atoms with Gasteiger partial charge in [-0.1, -0.05) is 41.1 Å². The molecule has 0 spiro atoms. The minimum absolute atomic E-state index is 0.102. The van der Waals surface area contributed by atoms with Gasteiger partial charge in [0.2, 0.25) is 0 Å². The molecule has 7 nitrogen and oxygen atoms in total. The number of hydrogen-bond donors (Lipinski definition) is 1. The fourth-order valence-corrected chi connectivity index (χ4v) is 5.06. The van der Waals surface area contributed by atoms with Gasteiger partial charge in [-0.05, 0) is 61.7 Å². The molecule has 1 N–H and O–H groups in total. The Morgan fingerprint density at radius 1 is 1.26 bits per heavy atom. The molecule has 2 aromatic carbocycles. The number of carbonyl (C=O) groups excluding carboxylic acids is 1. The number of hydrogen-bond acceptors (Lipinski definition) is 7. The summed E-state index contributed by atoms with van der Waals surface area (Å²) in [6.45, 7) is 3.68. The first-order valence-electron chi connectivity index (χ1n) is 10.6. The molecule has 0 bridgehead atoms. The number of aromatic nitrogens is 1. The molecule has 0 saturated carbocycles. The van der Waals surface area contributed by atoms with Gasteiger partial charge in [-0.2, -0.15) is 0 Å². The lowest BCUT2D eigenvalue weighted by atomic mass is 9.96. The summed E-state index contributed by atoms with van der Waals surface area (Å²) in [7, 11) is 1.57. The lowest BCUT2D eigenvalue weighted by Crippen LogP contribution is -2.39. The summed E-state index contributed by atoms with van der Waals surface area (Å²) in [5.74, 6) is 0.253. The van der Waals surface area contributed by atoms with E-state index >= 15 is 0 Å². The number of esters is 1. The summed E-state index contributed by atoms with van der Waals surface area (Å²) in [5.41, 5.74) is 1.88. The largest absolute Gasteiger partial charge is 0.508 e. The third-order valence-electron chi connectivity index (χ3n) is 5.50. The fourth-order valence-electron chi connectivity index (χ4n) is 3.85. The number of fused-ring (bicyclic) bond motifs is 1. The van der Waals surface area contributed by atoms with Crippen molar-refractivity contribution in [3.05, 3.63) is 89.6 Å². The van der Waals surface area contributed by atoms with Crippen molar-refractivity contribution < 1.29 is 19.4 Å². The van der Waals surface area contributed by atoms with Crippen LogP contribution in [0.2, 0.25) is 5.02 Å². The zero-order valence-corrected chi connectivity index (χ0v) is 20.4. The van der Waals surface area contributed by atoms with Crippen molar-refractivity contribution in [1.29, 1.82) is 0 Å². The van der Waals surface area contributed by atoms with Crippen LogP contribution in [-0.2, 0) is 16.0 Å². The molecule has 1 aromatic heterocycles. The molecular formula is C25H23ClN2O5S. The van der Waals surface area contributed by atoms with Crippen molar-refractivity contribution in [1.82, 2.24) is 4.57 Å². The molecule has 0 unspecified atom stereocenters. The molecule has 1 atom stereocenters. The minimum Gasteiger partial charge on any atom is -0.508 e. The summed E-state index contributed by atoms with van der Waals surface area (Å²) in [6.07, 6.45) is 2.05. The van der Waals surface area contributed by atoms with Crippen molar-refractivity contribution in [3.8, 4) is 11.5 Å². The maximum Gasteiger partial charge on any atom is 0.338 e. The number of halogens is 1. The molecule has 0 saturated heterocycles. The minimum atomic E-state index is -0.692. The summed E-state index contributed by atoms with van der Waals surface area (Å²) in [6, 6.07) is 11.3. The quantitative estimate of drug-likeness (QED) is 0.526. The van der Waals surface area contributed by atoms with E-state index in [0.717, 1.165) is 5.56 Å². The first-order chi connectivity index (χ1) is 16.3. The predicted octanol–water partition coefficient (Wildman–Crippen LogP) is 3.36. The summed E-state index contributed by atoms with van der Waals surface area (Å²) in [4.78, 5) is 31.5. The number of allylic oxidation sites excluding steroid dienone is 1. The number of phenols is 1. The molecule has 0 fully saturated rings. The van der Waals surface area contributed by atoms with E-state index in [2.05, 4.69) is 4.99 Å². The van der Waals surface area contributed by atoms with Gasteiger partial charge in [-0.3, -0.25) is 9.36 Å². The van der Waals surface area contributed by atoms with Crippen LogP contribution in [0.25, 0.3) is 6.08 Å². The molecule has 0 radical (unpaired) electrons. The van der Waals surface area contributed by atoms with E-state index < -0.39 is 12.0 Å². The van der Waals surface area contributed by atoms with Crippen molar-refractivity contribution in [2.45, 2.75) is 26.3 Å². The molecule has 1 aliphatic rings. The Hall–Kier alpha value is -3.36. The third kappa shape index (κ3) is 4.51. The van der Waals surface area contributed by atoms with E-state index in [1.54, 1.807) is 51.3 Å². The summed E-state index contributed by atoms with van der Waals surface area (Å²) < 4.78 is 12.5. The monoisotopic (exact) mass is 498 g/mol. The molecule has 9 heteroatoms. The van der Waals surface area contributed by atoms with Crippen molar-refractivity contribution in [2.24, 2.45) is 4.99 Å². The normalized spacial score (nSPS) is 15.6. The van der Waals surface area contributed by atoms with Gasteiger partial charge in [0.25, 0.3) is 5.56 Å². The average molecular weight is 499 g/mol. The molecule has 34 heavy (non-hydrogen) atoms. The van der Waals surface area contributed by atoms with Gasteiger partial charge >= 0.3 is 5.97 Å². The van der Waals surface area contributed by atoms with Crippen LogP contribution in [0.3, 0.4) is 0 Å². The van der Waals surface area contributed by atoms with Crippen LogP contribution < -0.4 is 19.6 Å². The van der Waals surface area contributed by atoms with Gasteiger partial charge in [0.1, 0.15) is 11.5 Å². The topological polar surface area (TPSA) is 90.1 Å². The Kier molecular flexibility index (Phi) is 6.90. The molecule has 1 aliphatic heterocycles. The molecule has 0 aliphatic carbocycles. The number of carbonyl (C=O) groups is 1. The second-order valence-electron chi connectivity index (χ2n) is 7.61. The zero-order chi connectivity index (χ0) is 24.4. The highest BCUT2D eigenvalue weighted by Crippen LogP contribution is 2.31. The molecule has 4 rings (SSSR count). The maximum absolute atomic E-state index is 13.5. The smallest absolute Gasteiger partial charge is 0.338 e. The van der Waals surface area contributed by atoms with E-state index in [1.165, 1.54) is 22.0 Å². The van der Waals surface area contributed by atoms with E-state index in [9.17, 15) is 14.7 Å². The Morgan fingerprint density at radius 2 is 2.00 bits per heavy atom. The zero-order valence-electron chi connectivity index (χ0n) is 18.9. The number of benzene rings is 2. The van der Waals surface area contributed by atoms with Crippen molar-refractivity contribution in [2.75, 3.05) is 13.7 Å². The Bertz CT molecular complexity index is 1450. The Balaban J connectivity index is 1.86. The van der Waals surface area contributed by atoms with Gasteiger partial charge in [0, 0.05) is 5.02 Å². The van der Waals surface area contributed by atoms with Crippen LogP contribution >= 0.6 is 22.9 Å². The molecular weight excluding hydrogens is 476 g/mol. The average Bonchev–Trinajstić information content (AvgIpc) is 3.13. The summed E-state index contributed by atoms with van der Waals surface area (Å²) >= 11 is 7.28. The highest BCUT2D eigenvalue weighted by molar-refractivity contribution is 7.07. The predicted molar refractivity (Wildman–Crippen MR) is 131 cm³/mol. The number of nitrogens with zero attached hydrogens (tertiary/aromatic N) is 2. The van der Waals surface area contributed by atoms with Gasteiger partial charge in [-0.15, -0.1) is 0 Å². The molecule has 176 valence electrons. The highest BCUT2D eigenvalue weighted by atomic mass is 35.5. The number of thiazole rings is 1. The number of aromatic hydroxyl groups is 1. The Labute approximate surface area is 204 Å². The van der Waals surface area contributed by atoms with Crippen LogP contribution in [0, 0.1) is 0 Å². The van der Waals surface area contributed by atoms with Crippen LogP contribution in [0.15, 0.2) is 63.5 Å². The number of methoxy groups -OCH3 is 1. The number of rotatable bonds is 6. The highest BCUT2D eigenvalue weighted by Gasteiger charge is 2.33. The van der Waals surface area contributed by atoms with E-state index in [0.29, 0.717) is 43.4 Å². The third-order valence-corrected chi connectivity index (χ3v) is 6.76. The SMILES string of the molecule is CCOC(=O)C1=C(C)N=c2s/c(=C\Cc3cc(Cl)ccc3O)c(=O)n2[C@@H]1c1ccc(OC)cc1. The van der Waals surface area contributed by atoms with Crippen LogP contribution in [0.5, 0.6) is 11.5 Å². The van der Waals surface area contributed by atoms with E-state index in [1.807, 2.05) is 12.1 Å².